The minimum absolute atomic E-state index is 0.0790. The smallest absolute Gasteiger partial charge is 0.168 e. The molecule has 1 fully saturated rings. The summed E-state index contributed by atoms with van der Waals surface area (Å²) in [5, 5.41) is 0. The van der Waals surface area contributed by atoms with Crippen LogP contribution in [0.15, 0.2) is 24.3 Å². The standard InChI is InChI=1S/C15H19FO2/c1-18-15(8-3-2-4-9-15)14(17)11-12-6-5-7-13(16)10-12/h5-7,10H,2-4,8-9,11H2,1H3. The van der Waals surface area contributed by atoms with Crippen molar-refractivity contribution >= 4 is 5.78 Å². The van der Waals surface area contributed by atoms with Crippen molar-refractivity contribution in [2.75, 3.05) is 7.11 Å². The van der Waals surface area contributed by atoms with Gasteiger partial charge < -0.3 is 4.74 Å². The molecule has 2 nitrogen and oxygen atoms in total. The average molecular weight is 250 g/mol. The molecule has 1 aliphatic carbocycles. The van der Waals surface area contributed by atoms with Crippen molar-refractivity contribution in [2.24, 2.45) is 0 Å². The van der Waals surface area contributed by atoms with E-state index in [9.17, 15) is 9.18 Å². The number of methoxy groups -OCH3 is 1. The van der Waals surface area contributed by atoms with E-state index in [0.29, 0.717) is 0 Å². The van der Waals surface area contributed by atoms with Gasteiger partial charge in [0.05, 0.1) is 0 Å². The molecule has 1 aliphatic rings. The van der Waals surface area contributed by atoms with Crippen molar-refractivity contribution < 1.29 is 13.9 Å². The zero-order chi connectivity index (χ0) is 13.0. The van der Waals surface area contributed by atoms with Crippen molar-refractivity contribution in [1.82, 2.24) is 0 Å². The molecule has 1 saturated carbocycles. The first-order valence-corrected chi connectivity index (χ1v) is 6.49. The molecule has 18 heavy (non-hydrogen) atoms. The minimum Gasteiger partial charge on any atom is -0.370 e. The first-order chi connectivity index (χ1) is 8.66. The number of halogens is 1. The molecule has 0 amide bonds. The topological polar surface area (TPSA) is 26.3 Å². The number of ether oxygens (including phenoxy) is 1. The van der Waals surface area contributed by atoms with Gasteiger partial charge in [0.25, 0.3) is 0 Å². The van der Waals surface area contributed by atoms with E-state index in [-0.39, 0.29) is 18.0 Å². The van der Waals surface area contributed by atoms with Gasteiger partial charge in [-0.05, 0) is 30.5 Å². The van der Waals surface area contributed by atoms with E-state index in [1.807, 2.05) is 0 Å². The highest BCUT2D eigenvalue weighted by Gasteiger charge is 2.38. The predicted octanol–water partition coefficient (Wildman–Crippen LogP) is 3.29. The number of rotatable bonds is 4. The van der Waals surface area contributed by atoms with Crippen molar-refractivity contribution in [1.29, 1.82) is 0 Å². The average Bonchev–Trinajstić information content (AvgIpc) is 2.39. The van der Waals surface area contributed by atoms with Crippen LogP contribution in [0, 0.1) is 5.82 Å². The van der Waals surface area contributed by atoms with Crippen molar-refractivity contribution in [3.63, 3.8) is 0 Å². The molecular formula is C15H19FO2. The number of hydrogen-bond donors (Lipinski definition) is 0. The van der Waals surface area contributed by atoms with Crippen LogP contribution in [0.5, 0.6) is 0 Å². The van der Waals surface area contributed by atoms with Gasteiger partial charge in [-0.2, -0.15) is 0 Å². The summed E-state index contributed by atoms with van der Waals surface area (Å²) < 4.78 is 18.6. The fourth-order valence-corrected chi connectivity index (χ4v) is 2.71. The summed E-state index contributed by atoms with van der Waals surface area (Å²) in [4.78, 5) is 12.4. The molecule has 0 heterocycles. The molecule has 0 atom stereocenters. The van der Waals surface area contributed by atoms with Gasteiger partial charge in [-0.3, -0.25) is 4.79 Å². The number of carbonyl (C=O) groups excluding carboxylic acids is 1. The SMILES string of the molecule is COC1(C(=O)Cc2cccc(F)c2)CCCCC1. The van der Waals surface area contributed by atoms with Gasteiger partial charge in [-0.15, -0.1) is 0 Å². The zero-order valence-corrected chi connectivity index (χ0v) is 10.7. The van der Waals surface area contributed by atoms with Crippen LogP contribution in [0.4, 0.5) is 4.39 Å². The van der Waals surface area contributed by atoms with Gasteiger partial charge in [-0.1, -0.05) is 31.4 Å². The molecule has 0 aliphatic heterocycles. The Kier molecular flexibility index (Phi) is 4.12. The molecule has 98 valence electrons. The second-order valence-electron chi connectivity index (χ2n) is 4.99. The maximum Gasteiger partial charge on any atom is 0.168 e. The molecule has 0 bridgehead atoms. The molecule has 2 rings (SSSR count). The second kappa shape index (κ2) is 5.61. The third-order valence-electron chi connectivity index (χ3n) is 3.81. The van der Waals surface area contributed by atoms with Crippen molar-refractivity contribution in [3.8, 4) is 0 Å². The molecule has 0 unspecified atom stereocenters. The Bertz CT molecular complexity index is 422. The summed E-state index contributed by atoms with van der Waals surface area (Å²) in [5.74, 6) is -0.217. The molecule has 0 spiro atoms. The van der Waals surface area contributed by atoms with Crippen LogP contribution >= 0.6 is 0 Å². The van der Waals surface area contributed by atoms with Crippen LogP contribution in [-0.4, -0.2) is 18.5 Å². The summed E-state index contributed by atoms with van der Waals surface area (Å²) in [7, 11) is 1.61. The largest absolute Gasteiger partial charge is 0.370 e. The second-order valence-corrected chi connectivity index (χ2v) is 4.99. The fraction of sp³-hybridized carbons (Fsp3) is 0.533. The predicted molar refractivity (Wildman–Crippen MR) is 67.9 cm³/mol. The van der Waals surface area contributed by atoms with E-state index in [1.165, 1.54) is 18.6 Å². The third-order valence-corrected chi connectivity index (χ3v) is 3.81. The Labute approximate surface area is 107 Å². The Balaban J connectivity index is 2.10. The van der Waals surface area contributed by atoms with E-state index in [1.54, 1.807) is 19.2 Å². The third kappa shape index (κ3) is 2.78. The number of carbonyl (C=O) groups is 1. The maximum atomic E-state index is 13.1. The lowest BCUT2D eigenvalue weighted by Gasteiger charge is -2.34. The number of Topliss-reactive ketones (excluding diaryl/α,β-unsaturated/α-hetero) is 1. The van der Waals surface area contributed by atoms with Crippen LogP contribution in [0.25, 0.3) is 0 Å². The van der Waals surface area contributed by atoms with E-state index >= 15 is 0 Å². The first-order valence-electron chi connectivity index (χ1n) is 6.49. The first kappa shape index (κ1) is 13.2. The number of ketones is 1. The summed E-state index contributed by atoms with van der Waals surface area (Å²) in [6.45, 7) is 0. The highest BCUT2D eigenvalue weighted by Crippen LogP contribution is 2.32. The molecule has 0 N–H and O–H groups in total. The Hall–Kier alpha value is -1.22. The zero-order valence-electron chi connectivity index (χ0n) is 10.7. The number of hydrogen-bond acceptors (Lipinski definition) is 2. The van der Waals surface area contributed by atoms with E-state index in [2.05, 4.69) is 0 Å². The molecule has 1 aromatic rings. The van der Waals surface area contributed by atoms with Gasteiger partial charge in [0.1, 0.15) is 11.4 Å². The Morgan fingerprint density at radius 1 is 1.33 bits per heavy atom. The van der Waals surface area contributed by atoms with Gasteiger partial charge in [0, 0.05) is 13.5 Å². The molecule has 1 aromatic carbocycles. The minimum atomic E-state index is -0.634. The maximum absolute atomic E-state index is 13.1. The normalized spacial score (nSPS) is 18.6. The summed E-state index contributed by atoms with van der Waals surface area (Å²) in [6, 6.07) is 6.23. The van der Waals surface area contributed by atoms with Crippen molar-refractivity contribution in [3.05, 3.63) is 35.6 Å². The van der Waals surface area contributed by atoms with Crippen LogP contribution in [-0.2, 0) is 16.0 Å². The van der Waals surface area contributed by atoms with Gasteiger partial charge in [-0.25, -0.2) is 4.39 Å². The summed E-state index contributed by atoms with van der Waals surface area (Å²) in [6.07, 6.45) is 5.06. The van der Waals surface area contributed by atoms with Gasteiger partial charge >= 0.3 is 0 Å². The lowest BCUT2D eigenvalue weighted by atomic mass is 9.79. The van der Waals surface area contributed by atoms with Gasteiger partial charge in [0.15, 0.2) is 5.78 Å². The van der Waals surface area contributed by atoms with Crippen LogP contribution in [0.1, 0.15) is 37.7 Å². The molecule has 0 radical (unpaired) electrons. The highest BCUT2D eigenvalue weighted by molar-refractivity contribution is 5.89. The highest BCUT2D eigenvalue weighted by atomic mass is 19.1. The molecule has 0 aromatic heterocycles. The van der Waals surface area contributed by atoms with Crippen LogP contribution in [0.2, 0.25) is 0 Å². The molecular weight excluding hydrogens is 231 g/mol. The quantitative estimate of drug-likeness (QED) is 0.819. The lowest BCUT2D eigenvalue weighted by molar-refractivity contribution is -0.144. The number of benzene rings is 1. The fourth-order valence-electron chi connectivity index (χ4n) is 2.71. The monoisotopic (exact) mass is 250 g/mol. The summed E-state index contributed by atoms with van der Waals surface area (Å²) >= 11 is 0. The van der Waals surface area contributed by atoms with Crippen molar-refractivity contribution in [2.45, 2.75) is 44.1 Å². The van der Waals surface area contributed by atoms with E-state index in [4.69, 9.17) is 4.74 Å². The van der Waals surface area contributed by atoms with Crippen LogP contribution < -0.4 is 0 Å². The molecule has 0 saturated heterocycles. The Morgan fingerprint density at radius 3 is 2.67 bits per heavy atom. The van der Waals surface area contributed by atoms with E-state index < -0.39 is 5.60 Å². The lowest BCUT2D eigenvalue weighted by Crippen LogP contribution is -2.43. The molecule has 3 heteroatoms. The Morgan fingerprint density at radius 2 is 2.06 bits per heavy atom. The van der Waals surface area contributed by atoms with Crippen LogP contribution in [0.3, 0.4) is 0 Å². The van der Waals surface area contributed by atoms with E-state index in [0.717, 1.165) is 31.2 Å². The summed E-state index contributed by atoms with van der Waals surface area (Å²) in [5.41, 5.74) is 0.0897. The van der Waals surface area contributed by atoms with Gasteiger partial charge in [0.2, 0.25) is 0 Å².